The van der Waals surface area contributed by atoms with Gasteiger partial charge in [-0.2, -0.15) is 0 Å². The van der Waals surface area contributed by atoms with Crippen molar-refractivity contribution in [2.45, 2.75) is 119 Å². The SMILES string of the molecule is C[C@@H](O)[C@H](NC(=O)[C@H](CO)NC(=O)[C@H](CCC(=O)O)NC(=O)[C@@H](N)CCC(=O)O)C(=O)N[C@@H](CO)C(=O)N[C@@H](Cc1ccccc1)C(=O)N[C@@H](CCC(N)=O)C(=O)NCC(=O)N1CCC[C@H]1C(=O)O. The van der Waals surface area contributed by atoms with Crippen molar-refractivity contribution in [3.05, 3.63) is 35.9 Å². The summed E-state index contributed by atoms with van der Waals surface area (Å²) in [5.41, 5.74) is 11.4. The van der Waals surface area contributed by atoms with E-state index in [1.165, 1.54) is 0 Å². The molecule has 0 radical (unpaired) electrons. The highest BCUT2D eigenvalue weighted by molar-refractivity contribution is 5.98. The maximum Gasteiger partial charge on any atom is 0.326 e. The summed E-state index contributed by atoms with van der Waals surface area (Å²) in [6.45, 7) is -1.82. The Morgan fingerprint density at radius 2 is 1.12 bits per heavy atom. The Labute approximate surface area is 393 Å². The van der Waals surface area contributed by atoms with Crippen LogP contribution in [0.1, 0.15) is 63.9 Å². The number of nitrogens with zero attached hydrogens (tertiary/aromatic N) is 1. The van der Waals surface area contributed by atoms with E-state index in [4.69, 9.17) is 21.7 Å². The molecule has 1 aliphatic rings. The van der Waals surface area contributed by atoms with Gasteiger partial charge in [0.15, 0.2) is 0 Å². The molecule has 1 saturated heterocycles. The maximum absolute atomic E-state index is 13.9. The van der Waals surface area contributed by atoms with Crippen LogP contribution in [0.4, 0.5) is 0 Å². The Bertz CT molecular complexity index is 2020. The number of benzene rings is 1. The second-order valence-electron chi connectivity index (χ2n) is 15.9. The highest BCUT2D eigenvalue weighted by Crippen LogP contribution is 2.17. The molecule has 0 aromatic heterocycles. The van der Waals surface area contributed by atoms with E-state index in [1.54, 1.807) is 30.3 Å². The van der Waals surface area contributed by atoms with Crippen molar-refractivity contribution in [3.63, 3.8) is 0 Å². The van der Waals surface area contributed by atoms with Crippen LogP contribution in [-0.4, -0.2) is 187 Å². The first-order chi connectivity index (χ1) is 32.5. The van der Waals surface area contributed by atoms with Gasteiger partial charge in [-0.15, -0.1) is 0 Å². The number of aliphatic carboxylic acids is 3. The van der Waals surface area contributed by atoms with Gasteiger partial charge in [-0.1, -0.05) is 30.3 Å². The third-order valence-electron chi connectivity index (χ3n) is 10.5. The summed E-state index contributed by atoms with van der Waals surface area (Å²) in [5.74, 6) is -13.6. The Hall–Kier alpha value is -7.30. The molecule has 2 rings (SSSR count). The Balaban J connectivity index is 2.25. The van der Waals surface area contributed by atoms with Gasteiger partial charge >= 0.3 is 17.9 Å². The smallest absolute Gasteiger partial charge is 0.326 e. The molecule has 0 aliphatic carbocycles. The summed E-state index contributed by atoms with van der Waals surface area (Å²) >= 11 is 0. The minimum absolute atomic E-state index is 0.127. The first kappa shape index (κ1) is 57.8. The van der Waals surface area contributed by atoms with Crippen molar-refractivity contribution in [2.75, 3.05) is 26.3 Å². The van der Waals surface area contributed by atoms with Gasteiger partial charge in [0.2, 0.25) is 53.2 Å². The predicted molar refractivity (Wildman–Crippen MR) is 233 cm³/mol. The van der Waals surface area contributed by atoms with Gasteiger partial charge in [0.25, 0.3) is 0 Å². The molecule has 28 nitrogen and oxygen atoms in total. The van der Waals surface area contributed by atoms with Gasteiger partial charge in [-0.05, 0) is 44.6 Å². The van der Waals surface area contributed by atoms with Gasteiger partial charge in [0.1, 0.15) is 42.3 Å². The minimum Gasteiger partial charge on any atom is -0.481 e. The molecule has 69 heavy (non-hydrogen) atoms. The molecule has 1 aliphatic heterocycles. The zero-order chi connectivity index (χ0) is 52.0. The lowest BCUT2D eigenvalue weighted by Crippen LogP contribution is -2.63. The van der Waals surface area contributed by atoms with Crippen LogP contribution >= 0.6 is 0 Å². The quantitative estimate of drug-likeness (QED) is 0.0341. The summed E-state index contributed by atoms with van der Waals surface area (Å²) in [7, 11) is 0. The molecule has 0 saturated carbocycles. The first-order valence-corrected chi connectivity index (χ1v) is 21.5. The van der Waals surface area contributed by atoms with Crippen molar-refractivity contribution in [2.24, 2.45) is 11.5 Å². The lowest BCUT2D eigenvalue weighted by atomic mass is 10.0. The van der Waals surface area contributed by atoms with E-state index in [0.717, 1.165) is 11.8 Å². The summed E-state index contributed by atoms with van der Waals surface area (Å²) < 4.78 is 0. The predicted octanol–water partition coefficient (Wildman–Crippen LogP) is -6.98. The average Bonchev–Trinajstić information content (AvgIpc) is 3.80. The number of carbonyl (C=O) groups excluding carboxylic acids is 9. The number of carbonyl (C=O) groups is 12. The molecule has 1 aromatic carbocycles. The number of hydrogen-bond acceptors (Lipinski definition) is 16. The molecule has 1 heterocycles. The summed E-state index contributed by atoms with van der Waals surface area (Å²) in [4.78, 5) is 153. The van der Waals surface area contributed by atoms with E-state index in [0.29, 0.717) is 12.0 Å². The monoisotopic (exact) mass is 980 g/mol. The van der Waals surface area contributed by atoms with Crippen molar-refractivity contribution in [3.8, 4) is 0 Å². The summed E-state index contributed by atoms with van der Waals surface area (Å²) in [5, 5.41) is 73.6. The van der Waals surface area contributed by atoms with E-state index >= 15 is 0 Å². The van der Waals surface area contributed by atoms with Crippen molar-refractivity contribution >= 4 is 71.1 Å². The van der Waals surface area contributed by atoms with Crippen LogP contribution < -0.4 is 48.7 Å². The Morgan fingerprint density at radius 1 is 0.638 bits per heavy atom. The molecule has 9 amide bonds. The van der Waals surface area contributed by atoms with Gasteiger partial charge in [0.05, 0.1) is 31.9 Å². The van der Waals surface area contributed by atoms with Gasteiger partial charge in [-0.3, -0.25) is 52.7 Å². The standard InChI is InChI=1S/C41H60N10O18/c1-20(54)33(50-39(66)27(19-53)48-36(63)24(11-14-32(59)60)45-34(61)22(42)9-13-31(57)58)40(67)49-26(18-52)38(65)47-25(16-21-6-3-2-4-7-21)37(64)46-23(10-12-29(43)55)35(62)44-17-30(56)51-15-5-8-28(51)41(68)69/h2-4,6-7,20,22-28,33,52-54H,5,8-19,42H2,1H3,(H2,43,55)(H,44,62)(H,45,61)(H,46,64)(H,47,65)(H,48,63)(H,49,67)(H,50,66)(H,57,58)(H,59,60)(H,68,69)/t20-,22+,23+,24+,25+,26+,27+,28+,33+/m1/s1. The highest BCUT2D eigenvalue weighted by atomic mass is 16.4. The van der Waals surface area contributed by atoms with Gasteiger partial charge < -0.3 is 84.2 Å². The normalized spacial score (nSPS) is 16.6. The number of rotatable bonds is 30. The molecule has 0 bridgehead atoms. The lowest BCUT2D eigenvalue weighted by Gasteiger charge is -2.28. The van der Waals surface area contributed by atoms with Crippen LogP contribution in [0.2, 0.25) is 0 Å². The van der Waals surface area contributed by atoms with E-state index in [2.05, 4.69) is 37.2 Å². The fourth-order valence-electron chi connectivity index (χ4n) is 6.68. The second kappa shape index (κ2) is 28.8. The molecule has 0 spiro atoms. The largest absolute Gasteiger partial charge is 0.481 e. The number of carboxylic acid groups (broad SMARTS) is 3. The van der Waals surface area contributed by atoms with E-state index in [9.17, 15) is 78.0 Å². The third-order valence-corrected chi connectivity index (χ3v) is 10.5. The summed E-state index contributed by atoms with van der Waals surface area (Å²) in [6.07, 6.45) is -4.35. The zero-order valence-electron chi connectivity index (χ0n) is 37.5. The summed E-state index contributed by atoms with van der Waals surface area (Å²) in [6, 6.07) is -5.12. The maximum atomic E-state index is 13.9. The topological polar surface area (TPSA) is 466 Å². The molecule has 382 valence electrons. The van der Waals surface area contributed by atoms with Crippen LogP contribution in [0.3, 0.4) is 0 Å². The van der Waals surface area contributed by atoms with Gasteiger partial charge in [-0.25, -0.2) is 4.79 Å². The highest BCUT2D eigenvalue weighted by Gasteiger charge is 2.37. The number of nitrogens with two attached hydrogens (primary N) is 2. The number of likely N-dealkylation sites (tertiary alicyclic amines) is 1. The molecule has 0 unspecified atom stereocenters. The minimum atomic E-state index is -1.97. The molecule has 9 atom stereocenters. The molecule has 1 fully saturated rings. The van der Waals surface area contributed by atoms with E-state index in [-0.39, 0.29) is 32.2 Å². The third kappa shape index (κ3) is 19.8. The number of amides is 9. The Morgan fingerprint density at radius 3 is 1.67 bits per heavy atom. The van der Waals surface area contributed by atoms with Crippen LogP contribution in [0.5, 0.6) is 0 Å². The average molecular weight is 981 g/mol. The van der Waals surface area contributed by atoms with Crippen LogP contribution in [0.15, 0.2) is 30.3 Å². The number of aliphatic hydroxyl groups excluding tert-OH is 3. The fraction of sp³-hybridized carbons (Fsp3) is 0.561. The number of primary amides is 1. The van der Waals surface area contributed by atoms with Crippen molar-refractivity contribution in [1.82, 2.24) is 42.1 Å². The van der Waals surface area contributed by atoms with Crippen molar-refractivity contribution in [1.29, 1.82) is 0 Å². The molecular weight excluding hydrogens is 921 g/mol. The zero-order valence-corrected chi connectivity index (χ0v) is 37.5. The fourth-order valence-corrected chi connectivity index (χ4v) is 6.68. The number of carboxylic acids is 3. The number of aliphatic hydroxyl groups is 3. The number of hydrogen-bond donors (Lipinski definition) is 15. The second-order valence-corrected chi connectivity index (χ2v) is 15.9. The number of nitrogens with one attached hydrogen (secondary N) is 7. The molecule has 1 aromatic rings. The molecular formula is C41H60N10O18. The lowest BCUT2D eigenvalue weighted by molar-refractivity contribution is -0.148. The van der Waals surface area contributed by atoms with Crippen molar-refractivity contribution < 1.29 is 88.2 Å². The van der Waals surface area contributed by atoms with Crippen LogP contribution in [-0.2, 0) is 64.0 Å². The first-order valence-electron chi connectivity index (χ1n) is 21.5. The van der Waals surface area contributed by atoms with E-state index in [1.807, 2.05) is 0 Å². The van der Waals surface area contributed by atoms with Gasteiger partial charge in [0, 0.05) is 32.2 Å². The van der Waals surface area contributed by atoms with Crippen LogP contribution in [0, 0.1) is 0 Å². The van der Waals surface area contributed by atoms with Crippen LogP contribution in [0.25, 0.3) is 0 Å². The van der Waals surface area contributed by atoms with E-state index < -0.39 is 171 Å². The molecule has 28 heteroatoms. The molecule has 17 N–H and O–H groups in total. The Kier molecular flexibility index (Phi) is 24.1.